The quantitative estimate of drug-likeness (QED) is 0.431. The number of fused-ring (bicyclic) bond motifs is 1. The number of carbonyl (C=O) groups is 1. The molecule has 2 N–H and O–H groups in total. The zero-order chi connectivity index (χ0) is 21.1. The molecule has 0 aliphatic carbocycles. The lowest BCUT2D eigenvalue weighted by molar-refractivity contribution is -0.116. The van der Waals surface area contributed by atoms with Gasteiger partial charge in [-0.1, -0.05) is 47.6 Å². The summed E-state index contributed by atoms with van der Waals surface area (Å²) in [6.07, 6.45) is 0.183. The van der Waals surface area contributed by atoms with Crippen LogP contribution in [0.4, 0.5) is 5.82 Å². The van der Waals surface area contributed by atoms with Crippen molar-refractivity contribution in [2.45, 2.75) is 30.2 Å². The first-order valence-corrected chi connectivity index (χ1v) is 10.9. The van der Waals surface area contributed by atoms with Crippen molar-refractivity contribution in [1.82, 2.24) is 9.97 Å². The Morgan fingerprint density at radius 1 is 1.20 bits per heavy atom. The number of ether oxygens (including phenoxy) is 1. The summed E-state index contributed by atoms with van der Waals surface area (Å²) in [7, 11) is 0. The molecule has 1 aliphatic heterocycles. The Morgan fingerprint density at radius 3 is 2.83 bits per heavy atom. The molecule has 1 amide bonds. The molecule has 30 heavy (non-hydrogen) atoms. The zero-order valence-electron chi connectivity index (χ0n) is 16.3. The van der Waals surface area contributed by atoms with E-state index in [0.717, 1.165) is 11.1 Å². The summed E-state index contributed by atoms with van der Waals surface area (Å²) in [4.78, 5) is 32.6. The average Bonchev–Trinajstić information content (AvgIpc) is 2.72. The highest BCUT2D eigenvalue weighted by atomic mass is 35.5. The Balaban J connectivity index is 1.64. The number of nitrogens with one attached hydrogen (secondary N) is 2. The maximum atomic E-state index is 12.9. The highest BCUT2D eigenvalue weighted by Gasteiger charge is 2.31. The zero-order valence-corrected chi connectivity index (χ0v) is 17.8. The first kappa shape index (κ1) is 20.5. The molecule has 4 rings (SSSR count). The summed E-state index contributed by atoms with van der Waals surface area (Å²) in [5.41, 5.74) is 2.09. The molecule has 0 fully saturated rings. The Hall–Kier alpha value is -2.77. The normalized spacial score (nSPS) is 15.4. The third-order valence-corrected chi connectivity index (χ3v) is 5.94. The summed E-state index contributed by atoms with van der Waals surface area (Å²) in [5.74, 6) is 1.07. The number of aromatic nitrogens is 2. The van der Waals surface area contributed by atoms with Gasteiger partial charge in [0.2, 0.25) is 5.91 Å². The van der Waals surface area contributed by atoms with Gasteiger partial charge in [-0.3, -0.25) is 9.59 Å². The van der Waals surface area contributed by atoms with Crippen LogP contribution in [0, 0.1) is 0 Å². The van der Waals surface area contributed by atoms with Crippen molar-refractivity contribution in [2.75, 3.05) is 11.9 Å². The van der Waals surface area contributed by atoms with Crippen molar-refractivity contribution in [3.05, 3.63) is 80.6 Å². The molecule has 0 saturated carbocycles. The van der Waals surface area contributed by atoms with Crippen molar-refractivity contribution in [2.24, 2.45) is 0 Å². The minimum Gasteiger partial charge on any atom is -0.494 e. The topological polar surface area (TPSA) is 84.1 Å². The van der Waals surface area contributed by atoms with Crippen molar-refractivity contribution >= 4 is 35.1 Å². The summed E-state index contributed by atoms with van der Waals surface area (Å²) >= 11 is 7.41. The number of nitrogens with zero attached hydrogens (tertiary/aromatic N) is 1. The first-order chi connectivity index (χ1) is 14.5. The number of H-pyrrole nitrogens is 1. The van der Waals surface area contributed by atoms with Crippen LogP contribution in [0.5, 0.6) is 5.75 Å². The number of amides is 1. The molecule has 0 radical (unpaired) electrons. The third-order valence-electron chi connectivity index (χ3n) is 4.77. The second-order valence-corrected chi connectivity index (χ2v) is 8.26. The fraction of sp³-hybridized carbons (Fsp3) is 0.227. The first-order valence-electron chi connectivity index (χ1n) is 9.57. The maximum Gasteiger partial charge on any atom is 0.257 e. The number of benzene rings is 2. The minimum atomic E-state index is -0.377. The van der Waals surface area contributed by atoms with E-state index in [0.29, 0.717) is 39.7 Å². The highest BCUT2D eigenvalue weighted by molar-refractivity contribution is 7.98. The van der Waals surface area contributed by atoms with Gasteiger partial charge < -0.3 is 15.0 Å². The number of hydrogen-bond acceptors (Lipinski definition) is 5. The van der Waals surface area contributed by atoms with Crippen molar-refractivity contribution in [1.29, 1.82) is 0 Å². The molecule has 2 heterocycles. The number of halogens is 1. The molecular formula is C22H20ClN3O3S. The summed E-state index contributed by atoms with van der Waals surface area (Å²) in [5, 5.41) is 3.86. The highest BCUT2D eigenvalue weighted by Crippen LogP contribution is 2.35. The minimum absolute atomic E-state index is 0.168. The largest absolute Gasteiger partial charge is 0.494 e. The van der Waals surface area contributed by atoms with Gasteiger partial charge in [0.25, 0.3) is 5.56 Å². The van der Waals surface area contributed by atoms with E-state index in [2.05, 4.69) is 15.3 Å². The summed E-state index contributed by atoms with van der Waals surface area (Å²) < 4.78 is 5.57. The number of aromatic amines is 1. The van der Waals surface area contributed by atoms with E-state index in [1.54, 1.807) is 0 Å². The molecule has 1 aromatic heterocycles. The van der Waals surface area contributed by atoms with Gasteiger partial charge in [-0.2, -0.15) is 0 Å². The lowest BCUT2D eigenvalue weighted by Crippen LogP contribution is -2.31. The number of thioether (sulfide) groups is 1. The Bertz CT molecular complexity index is 1150. The van der Waals surface area contributed by atoms with Gasteiger partial charge in [0.05, 0.1) is 12.2 Å². The van der Waals surface area contributed by atoms with E-state index in [4.69, 9.17) is 16.3 Å². The molecule has 1 aliphatic rings. The fourth-order valence-electron chi connectivity index (χ4n) is 3.47. The van der Waals surface area contributed by atoms with E-state index >= 15 is 0 Å². The Morgan fingerprint density at radius 2 is 2.03 bits per heavy atom. The third kappa shape index (κ3) is 4.52. The van der Waals surface area contributed by atoms with Crippen LogP contribution in [0.2, 0.25) is 5.02 Å². The molecule has 1 unspecified atom stereocenters. The Kier molecular flexibility index (Phi) is 6.11. The molecule has 0 spiro atoms. The molecule has 1 atom stereocenters. The summed E-state index contributed by atoms with van der Waals surface area (Å²) in [6.45, 7) is 2.45. The van der Waals surface area contributed by atoms with Crippen molar-refractivity contribution < 1.29 is 9.53 Å². The van der Waals surface area contributed by atoms with Gasteiger partial charge in [-0.15, -0.1) is 0 Å². The van der Waals surface area contributed by atoms with Crippen LogP contribution in [-0.4, -0.2) is 22.5 Å². The smallest absolute Gasteiger partial charge is 0.257 e. The van der Waals surface area contributed by atoms with Gasteiger partial charge in [0.1, 0.15) is 11.6 Å². The number of hydrogen-bond donors (Lipinski definition) is 2. The summed E-state index contributed by atoms with van der Waals surface area (Å²) in [6, 6.07) is 15.0. The lowest BCUT2D eigenvalue weighted by Gasteiger charge is -2.24. The second-order valence-electron chi connectivity index (χ2n) is 6.86. The van der Waals surface area contributed by atoms with E-state index in [-0.39, 0.29) is 23.8 Å². The molecule has 6 nitrogen and oxygen atoms in total. The SMILES string of the molecule is CCOc1cccc(C2CC(=O)Nc3nc(SCc4cccc(Cl)c4)[nH]c(=O)c32)c1. The fourth-order valence-corrected chi connectivity index (χ4v) is 4.49. The maximum absolute atomic E-state index is 12.9. The molecule has 0 bridgehead atoms. The monoisotopic (exact) mass is 441 g/mol. The molecular weight excluding hydrogens is 422 g/mol. The predicted molar refractivity (Wildman–Crippen MR) is 119 cm³/mol. The van der Waals surface area contributed by atoms with E-state index < -0.39 is 0 Å². The number of carbonyl (C=O) groups excluding carboxylic acids is 1. The van der Waals surface area contributed by atoms with Gasteiger partial charge >= 0.3 is 0 Å². The molecule has 3 aromatic rings. The second kappa shape index (κ2) is 8.93. The van der Waals surface area contributed by atoms with Crippen LogP contribution in [-0.2, 0) is 10.5 Å². The van der Waals surface area contributed by atoms with Gasteiger partial charge in [-0.05, 0) is 42.3 Å². The van der Waals surface area contributed by atoms with Gasteiger partial charge in [0.15, 0.2) is 5.16 Å². The van der Waals surface area contributed by atoms with Crippen LogP contribution in [0.25, 0.3) is 0 Å². The lowest BCUT2D eigenvalue weighted by atomic mass is 9.87. The van der Waals surface area contributed by atoms with E-state index in [1.807, 2.05) is 55.5 Å². The molecule has 154 valence electrons. The standard InChI is InChI=1S/C22H20ClN3O3S/c1-2-29-16-8-4-6-14(10-16)17-11-18(27)24-20-19(17)21(28)26-22(25-20)30-12-13-5-3-7-15(23)9-13/h3-10,17H,2,11-12H2,1H3,(H2,24,25,26,27,28). The van der Waals surface area contributed by atoms with Crippen LogP contribution < -0.4 is 15.6 Å². The number of rotatable bonds is 6. The van der Waals surface area contributed by atoms with Crippen LogP contribution >= 0.6 is 23.4 Å². The van der Waals surface area contributed by atoms with Gasteiger partial charge in [0, 0.05) is 23.1 Å². The van der Waals surface area contributed by atoms with Crippen molar-refractivity contribution in [3.63, 3.8) is 0 Å². The van der Waals surface area contributed by atoms with E-state index in [9.17, 15) is 9.59 Å². The average molecular weight is 442 g/mol. The van der Waals surface area contributed by atoms with Gasteiger partial charge in [-0.25, -0.2) is 4.98 Å². The van der Waals surface area contributed by atoms with Crippen LogP contribution in [0.15, 0.2) is 58.5 Å². The number of anilines is 1. The molecule has 0 saturated heterocycles. The van der Waals surface area contributed by atoms with E-state index in [1.165, 1.54) is 11.8 Å². The predicted octanol–water partition coefficient (Wildman–Crippen LogP) is 4.59. The molecule has 2 aromatic carbocycles. The van der Waals surface area contributed by atoms with Crippen LogP contribution in [0.3, 0.4) is 0 Å². The van der Waals surface area contributed by atoms with Crippen LogP contribution in [0.1, 0.15) is 36.0 Å². The Labute approximate surface area is 183 Å². The van der Waals surface area contributed by atoms with Crippen molar-refractivity contribution in [3.8, 4) is 5.75 Å². The molecule has 8 heteroatoms.